The van der Waals surface area contributed by atoms with Crippen molar-refractivity contribution in [1.29, 1.82) is 0 Å². The fourth-order valence-corrected chi connectivity index (χ4v) is 5.19. The standard InChI is InChI=1S/C30H25Br2ClN2O4/c1-2-37-28-15-22(11-12-27(28)38-18-20-7-4-3-5-8-20)30(36)35-34-17-23-14-24(31)16-26(32)29(23)39-19-21-9-6-10-25(33)13-21/h3-17H,2,18-19H2,1H3,(H,35,36)/b34-17+. The molecule has 0 saturated heterocycles. The lowest BCUT2D eigenvalue weighted by Crippen LogP contribution is -2.18. The molecule has 4 aromatic carbocycles. The van der Waals surface area contributed by atoms with E-state index >= 15 is 0 Å². The number of carbonyl (C=O) groups excluding carboxylic acids is 1. The molecule has 0 spiro atoms. The number of halogens is 3. The number of amides is 1. The lowest BCUT2D eigenvalue weighted by atomic mass is 10.2. The number of rotatable bonds is 11. The van der Waals surface area contributed by atoms with Crippen molar-refractivity contribution in [3.63, 3.8) is 0 Å². The zero-order valence-corrected chi connectivity index (χ0v) is 24.9. The molecule has 0 bridgehead atoms. The van der Waals surface area contributed by atoms with Crippen molar-refractivity contribution < 1.29 is 19.0 Å². The van der Waals surface area contributed by atoms with Crippen molar-refractivity contribution in [2.75, 3.05) is 6.61 Å². The van der Waals surface area contributed by atoms with Crippen molar-refractivity contribution in [2.24, 2.45) is 5.10 Å². The third-order valence-electron chi connectivity index (χ3n) is 5.42. The van der Waals surface area contributed by atoms with Crippen LogP contribution in [0.25, 0.3) is 0 Å². The van der Waals surface area contributed by atoms with Crippen LogP contribution < -0.4 is 19.6 Å². The van der Waals surface area contributed by atoms with E-state index in [1.54, 1.807) is 18.2 Å². The normalized spacial score (nSPS) is 10.9. The summed E-state index contributed by atoms with van der Waals surface area (Å²) in [6.45, 7) is 3.01. The van der Waals surface area contributed by atoms with E-state index < -0.39 is 5.91 Å². The predicted octanol–water partition coefficient (Wildman–Crippen LogP) is 8.19. The molecule has 0 saturated carbocycles. The fourth-order valence-electron chi connectivity index (χ4n) is 3.61. The Kier molecular flexibility index (Phi) is 10.4. The summed E-state index contributed by atoms with van der Waals surface area (Å²) >= 11 is 13.1. The molecule has 39 heavy (non-hydrogen) atoms. The molecule has 4 aromatic rings. The summed E-state index contributed by atoms with van der Waals surface area (Å²) in [7, 11) is 0. The first-order chi connectivity index (χ1) is 18.9. The number of benzene rings is 4. The molecule has 0 aromatic heterocycles. The Labute approximate surface area is 249 Å². The van der Waals surface area contributed by atoms with Crippen LogP contribution in [0.2, 0.25) is 5.02 Å². The Balaban J connectivity index is 1.45. The van der Waals surface area contributed by atoms with Gasteiger partial charge in [-0.05, 0) is 76.4 Å². The molecular weight excluding hydrogens is 648 g/mol. The number of ether oxygens (including phenoxy) is 3. The predicted molar refractivity (Wildman–Crippen MR) is 161 cm³/mol. The molecule has 0 unspecified atom stereocenters. The minimum atomic E-state index is -0.391. The number of hydrazone groups is 1. The van der Waals surface area contributed by atoms with E-state index in [4.69, 9.17) is 25.8 Å². The molecule has 0 atom stereocenters. The third kappa shape index (κ3) is 8.33. The largest absolute Gasteiger partial charge is 0.490 e. The summed E-state index contributed by atoms with van der Waals surface area (Å²) in [5, 5.41) is 4.80. The molecule has 200 valence electrons. The smallest absolute Gasteiger partial charge is 0.271 e. The van der Waals surface area contributed by atoms with E-state index in [0.29, 0.717) is 53.2 Å². The van der Waals surface area contributed by atoms with Gasteiger partial charge in [0.05, 0.1) is 17.3 Å². The summed E-state index contributed by atoms with van der Waals surface area (Å²) in [6.07, 6.45) is 1.53. The van der Waals surface area contributed by atoms with Crippen LogP contribution in [0.15, 0.2) is 99.0 Å². The zero-order valence-electron chi connectivity index (χ0n) is 21.0. The molecule has 0 radical (unpaired) electrons. The van der Waals surface area contributed by atoms with Crippen LogP contribution >= 0.6 is 43.5 Å². The first-order valence-electron chi connectivity index (χ1n) is 12.1. The van der Waals surface area contributed by atoms with Gasteiger partial charge in [-0.3, -0.25) is 4.79 Å². The Morgan fingerprint density at radius 2 is 1.64 bits per heavy atom. The van der Waals surface area contributed by atoms with Gasteiger partial charge < -0.3 is 14.2 Å². The van der Waals surface area contributed by atoms with Crippen molar-refractivity contribution in [1.82, 2.24) is 5.43 Å². The highest BCUT2D eigenvalue weighted by Crippen LogP contribution is 2.33. The van der Waals surface area contributed by atoms with Crippen molar-refractivity contribution in [3.05, 3.63) is 121 Å². The average Bonchev–Trinajstić information content (AvgIpc) is 2.92. The van der Waals surface area contributed by atoms with Crippen LogP contribution in [0.1, 0.15) is 34.0 Å². The van der Waals surface area contributed by atoms with Gasteiger partial charge in [-0.25, -0.2) is 5.43 Å². The van der Waals surface area contributed by atoms with Crippen LogP contribution in [0.5, 0.6) is 17.2 Å². The monoisotopic (exact) mass is 670 g/mol. The molecule has 1 amide bonds. The number of hydrogen-bond donors (Lipinski definition) is 1. The van der Waals surface area contributed by atoms with Crippen LogP contribution in [0.4, 0.5) is 0 Å². The Hall–Kier alpha value is -3.33. The quantitative estimate of drug-likeness (QED) is 0.129. The van der Waals surface area contributed by atoms with Gasteiger partial charge in [-0.1, -0.05) is 70.0 Å². The molecule has 9 heteroatoms. The van der Waals surface area contributed by atoms with Gasteiger partial charge in [-0.2, -0.15) is 5.10 Å². The molecule has 0 fully saturated rings. The Bertz CT molecular complexity index is 1470. The molecule has 6 nitrogen and oxygen atoms in total. The summed E-state index contributed by atoms with van der Waals surface area (Å²) in [5.74, 6) is 1.23. The second-order valence-electron chi connectivity index (χ2n) is 8.29. The molecule has 0 aliphatic heterocycles. The van der Waals surface area contributed by atoms with E-state index in [1.165, 1.54) is 6.21 Å². The Morgan fingerprint density at radius 3 is 2.41 bits per heavy atom. The minimum absolute atomic E-state index is 0.312. The van der Waals surface area contributed by atoms with Crippen molar-refractivity contribution in [3.8, 4) is 17.2 Å². The molecule has 4 rings (SSSR count). The highest BCUT2D eigenvalue weighted by Gasteiger charge is 2.13. The second kappa shape index (κ2) is 14.2. The number of nitrogens with zero attached hydrogens (tertiary/aromatic N) is 1. The SMILES string of the molecule is CCOc1cc(C(=O)N/N=C/c2cc(Br)cc(Br)c2OCc2cccc(Cl)c2)ccc1OCc1ccccc1. The topological polar surface area (TPSA) is 69.2 Å². The maximum atomic E-state index is 12.9. The maximum Gasteiger partial charge on any atom is 0.271 e. The number of nitrogens with one attached hydrogen (secondary N) is 1. The third-order valence-corrected chi connectivity index (χ3v) is 6.70. The van der Waals surface area contributed by atoms with Crippen molar-refractivity contribution in [2.45, 2.75) is 20.1 Å². The van der Waals surface area contributed by atoms with E-state index in [0.717, 1.165) is 20.1 Å². The highest BCUT2D eigenvalue weighted by atomic mass is 79.9. The van der Waals surface area contributed by atoms with E-state index in [1.807, 2.05) is 73.7 Å². The Morgan fingerprint density at radius 1 is 0.872 bits per heavy atom. The summed E-state index contributed by atoms with van der Waals surface area (Å²) in [5.41, 5.74) is 5.58. The zero-order chi connectivity index (χ0) is 27.6. The van der Waals surface area contributed by atoms with Gasteiger partial charge in [0.25, 0.3) is 5.91 Å². The number of carbonyl (C=O) groups is 1. The lowest BCUT2D eigenvalue weighted by Gasteiger charge is -2.13. The van der Waals surface area contributed by atoms with Crippen LogP contribution in [0, 0.1) is 0 Å². The first-order valence-corrected chi connectivity index (χ1v) is 14.0. The minimum Gasteiger partial charge on any atom is -0.490 e. The second-order valence-corrected chi connectivity index (χ2v) is 10.5. The van der Waals surface area contributed by atoms with E-state index in [2.05, 4.69) is 42.4 Å². The van der Waals surface area contributed by atoms with Gasteiger partial charge in [0, 0.05) is 20.6 Å². The van der Waals surface area contributed by atoms with Gasteiger partial charge >= 0.3 is 0 Å². The number of hydrogen-bond acceptors (Lipinski definition) is 5. The van der Waals surface area contributed by atoms with Gasteiger partial charge in [0.2, 0.25) is 0 Å². The molecule has 0 heterocycles. The van der Waals surface area contributed by atoms with Crippen molar-refractivity contribution >= 4 is 55.6 Å². The maximum absolute atomic E-state index is 12.9. The average molecular weight is 673 g/mol. The summed E-state index contributed by atoms with van der Waals surface area (Å²) in [6, 6.07) is 26.0. The fraction of sp³-hybridized carbons (Fsp3) is 0.133. The molecule has 1 N–H and O–H groups in total. The van der Waals surface area contributed by atoms with E-state index in [9.17, 15) is 4.79 Å². The van der Waals surface area contributed by atoms with Gasteiger partial charge in [0.1, 0.15) is 19.0 Å². The van der Waals surface area contributed by atoms with Crippen LogP contribution in [0.3, 0.4) is 0 Å². The first kappa shape index (κ1) is 28.7. The van der Waals surface area contributed by atoms with E-state index in [-0.39, 0.29) is 0 Å². The highest BCUT2D eigenvalue weighted by molar-refractivity contribution is 9.11. The van der Waals surface area contributed by atoms with Gasteiger partial charge in [0.15, 0.2) is 11.5 Å². The summed E-state index contributed by atoms with van der Waals surface area (Å²) < 4.78 is 19.3. The van der Waals surface area contributed by atoms with Gasteiger partial charge in [-0.15, -0.1) is 0 Å². The molecule has 0 aliphatic carbocycles. The molecule has 0 aliphatic rings. The van der Waals surface area contributed by atoms with Crippen LogP contribution in [-0.4, -0.2) is 18.7 Å². The van der Waals surface area contributed by atoms with Crippen LogP contribution in [-0.2, 0) is 13.2 Å². The lowest BCUT2D eigenvalue weighted by molar-refractivity contribution is 0.0954. The summed E-state index contributed by atoms with van der Waals surface area (Å²) in [4.78, 5) is 12.9. The molecular formula is C30H25Br2ClN2O4.